The molecule has 0 unspecified atom stereocenters. The van der Waals surface area contributed by atoms with Gasteiger partial charge in [-0.3, -0.25) is 9.69 Å². The third-order valence-corrected chi connectivity index (χ3v) is 6.02. The summed E-state index contributed by atoms with van der Waals surface area (Å²) in [6.45, 7) is 0.546. The first-order valence-corrected chi connectivity index (χ1v) is 10.2. The molecule has 3 aromatic rings. The van der Waals surface area contributed by atoms with Gasteiger partial charge in [0.25, 0.3) is 0 Å². The Morgan fingerprint density at radius 1 is 1.10 bits per heavy atom. The highest BCUT2D eigenvalue weighted by Gasteiger charge is 2.22. The first kappa shape index (κ1) is 19.5. The van der Waals surface area contributed by atoms with E-state index in [0.717, 1.165) is 0 Å². The van der Waals surface area contributed by atoms with Gasteiger partial charge in [0, 0.05) is 18.2 Å². The molecule has 4 rings (SSSR count). The Hall–Kier alpha value is -2.79. The molecule has 0 bridgehead atoms. The summed E-state index contributed by atoms with van der Waals surface area (Å²) >= 11 is 0. The molecular formula is C24H27NO4. The summed E-state index contributed by atoms with van der Waals surface area (Å²) in [5.41, 5.74) is 2.14. The fraction of sp³-hybridized carbons (Fsp3) is 0.375. The van der Waals surface area contributed by atoms with Crippen molar-refractivity contribution in [3.63, 3.8) is 0 Å². The number of ether oxygens (including phenoxy) is 1. The van der Waals surface area contributed by atoms with Crippen molar-refractivity contribution in [3.05, 3.63) is 58.4 Å². The van der Waals surface area contributed by atoms with E-state index in [2.05, 4.69) is 11.9 Å². The van der Waals surface area contributed by atoms with E-state index in [1.807, 2.05) is 24.3 Å². The lowest BCUT2D eigenvalue weighted by molar-refractivity contribution is 0.183. The minimum absolute atomic E-state index is 0.127. The number of benzene rings is 2. The summed E-state index contributed by atoms with van der Waals surface area (Å²) < 4.78 is 11.3. The third kappa shape index (κ3) is 3.75. The maximum atomic E-state index is 13.2. The monoisotopic (exact) mass is 393 g/mol. The zero-order valence-electron chi connectivity index (χ0n) is 17.0. The summed E-state index contributed by atoms with van der Waals surface area (Å²) in [6.07, 6.45) is 7.60. The number of nitrogens with zero attached hydrogens (tertiary/aromatic N) is 1. The number of rotatable bonds is 5. The number of hydrogen-bond acceptors (Lipinski definition) is 5. The van der Waals surface area contributed by atoms with Crippen LogP contribution >= 0.6 is 0 Å². The second-order valence-corrected chi connectivity index (χ2v) is 7.83. The van der Waals surface area contributed by atoms with Gasteiger partial charge < -0.3 is 14.3 Å². The van der Waals surface area contributed by atoms with Gasteiger partial charge in [0.15, 0.2) is 0 Å². The van der Waals surface area contributed by atoms with E-state index in [-0.39, 0.29) is 11.2 Å². The van der Waals surface area contributed by atoms with Crippen LogP contribution in [-0.4, -0.2) is 30.2 Å². The molecule has 0 aliphatic heterocycles. The van der Waals surface area contributed by atoms with Gasteiger partial charge in [0.05, 0.1) is 23.6 Å². The molecule has 29 heavy (non-hydrogen) atoms. The van der Waals surface area contributed by atoms with E-state index in [1.54, 1.807) is 19.2 Å². The number of fused-ring (bicyclic) bond motifs is 1. The molecule has 2 aromatic carbocycles. The molecule has 1 heterocycles. The van der Waals surface area contributed by atoms with Gasteiger partial charge in [0.1, 0.15) is 23.3 Å². The molecule has 1 aliphatic rings. The van der Waals surface area contributed by atoms with Gasteiger partial charge in [-0.05, 0) is 38.1 Å². The van der Waals surface area contributed by atoms with Gasteiger partial charge in [0.2, 0.25) is 5.43 Å². The fourth-order valence-electron chi connectivity index (χ4n) is 4.35. The van der Waals surface area contributed by atoms with Crippen LogP contribution in [0.4, 0.5) is 0 Å². The first-order valence-electron chi connectivity index (χ1n) is 10.2. The summed E-state index contributed by atoms with van der Waals surface area (Å²) in [6, 6.07) is 11.1. The number of aromatic hydroxyl groups is 1. The number of phenols is 1. The highest BCUT2D eigenvalue weighted by atomic mass is 16.5. The van der Waals surface area contributed by atoms with Crippen molar-refractivity contribution in [2.24, 2.45) is 0 Å². The maximum absolute atomic E-state index is 13.2. The Bertz CT molecular complexity index is 1070. The second-order valence-electron chi connectivity index (χ2n) is 7.83. The van der Waals surface area contributed by atoms with Gasteiger partial charge in [-0.25, -0.2) is 0 Å². The van der Waals surface area contributed by atoms with Crippen LogP contribution in [0.5, 0.6) is 11.5 Å². The second kappa shape index (κ2) is 8.29. The van der Waals surface area contributed by atoms with Crippen molar-refractivity contribution < 1.29 is 14.3 Å². The highest BCUT2D eigenvalue weighted by molar-refractivity contribution is 5.86. The topological polar surface area (TPSA) is 62.9 Å². The van der Waals surface area contributed by atoms with E-state index in [9.17, 15) is 9.90 Å². The fourth-order valence-corrected chi connectivity index (χ4v) is 4.35. The number of methoxy groups -OCH3 is 1. The lowest BCUT2D eigenvalue weighted by atomic mass is 9.94. The molecule has 5 heteroatoms. The molecule has 5 nitrogen and oxygen atoms in total. The van der Waals surface area contributed by atoms with E-state index < -0.39 is 0 Å². The Morgan fingerprint density at radius 3 is 2.62 bits per heavy atom. The quantitative estimate of drug-likeness (QED) is 0.665. The van der Waals surface area contributed by atoms with Crippen LogP contribution in [0.15, 0.2) is 51.9 Å². The predicted molar refractivity (Wildman–Crippen MR) is 114 cm³/mol. The summed E-state index contributed by atoms with van der Waals surface area (Å²) in [4.78, 5) is 15.5. The number of para-hydroxylation sites is 1. The highest BCUT2D eigenvalue weighted by Crippen LogP contribution is 2.33. The van der Waals surface area contributed by atoms with E-state index in [4.69, 9.17) is 9.15 Å². The standard InChI is InChI=1S/C24H27NO4/c1-25(16-8-4-3-5-9-16)14-19-21(26)13-12-18-23(27)20(15-29-24(18)19)17-10-6-7-11-22(17)28-2/h6-7,10-13,15-16,26H,3-5,8-9,14H2,1-2H3. The molecule has 152 valence electrons. The van der Waals surface area contributed by atoms with Crippen LogP contribution in [-0.2, 0) is 6.54 Å². The van der Waals surface area contributed by atoms with Crippen LogP contribution in [0.25, 0.3) is 22.1 Å². The molecule has 0 amide bonds. The van der Waals surface area contributed by atoms with Gasteiger partial charge in [-0.15, -0.1) is 0 Å². The zero-order valence-corrected chi connectivity index (χ0v) is 17.0. The molecule has 0 saturated heterocycles. The molecule has 1 aliphatic carbocycles. The van der Waals surface area contributed by atoms with E-state index in [0.29, 0.717) is 46.0 Å². The Kier molecular flexibility index (Phi) is 5.58. The molecule has 1 aromatic heterocycles. The van der Waals surface area contributed by atoms with Crippen molar-refractivity contribution in [1.82, 2.24) is 4.90 Å². The number of phenolic OH excluding ortho intramolecular Hbond substituents is 1. The van der Waals surface area contributed by atoms with Crippen LogP contribution < -0.4 is 10.2 Å². The van der Waals surface area contributed by atoms with Gasteiger partial charge >= 0.3 is 0 Å². The minimum atomic E-state index is -0.127. The molecule has 0 spiro atoms. The van der Waals surface area contributed by atoms with Crippen molar-refractivity contribution in [2.45, 2.75) is 44.7 Å². The first-order chi connectivity index (χ1) is 14.1. The maximum Gasteiger partial charge on any atom is 0.200 e. The molecule has 0 radical (unpaired) electrons. The lowest BCUT2D eigenvalue weighted by Gasteiger charge is -2.31. The van der Waals surface area contributed by atoms with E-state index in [1.165, 1.54) is 38.4 Å². The lowest BCUT2D eigenvalue weighted by Crippen LogP contribution is -2.33. The van der Waals surface area contributed by atoms with Gasteiger partial charge in [-0.1, -0.05) is 37.5 Å². The van der Waals surface area contributed by atoms with Crippen molar-refractivity contribution in [3.8, 4) is 22.6 Å². The van der Waals surface area contributed by atoms with Crippen LogP contribution in [0.3, 0.4) is 0 Å². The number of hydrogen-bond donors (Lipinski definition) is 1. The summed E-state index contributed by atoms with van der Waals surface area (Å²) in [7, 11) is 3.66. The average Bonchev–Trinajstić information content (AvgIpc) is 2.76. The summed E-state index contributed by atoms with van der Waals surface area (Å²) in [5.74, 6) is 0.781. The Labute approximate surface area is 170 Å². The third-order valence-electron chi connectivity index (χ3n) is 6.02. The van der Waals surface area contributed by atoms with Crippen molar-refractivity contribution >= 4 is 11.0 Å². The normalized spacial score (nSPS) is 15.1. The average molecular weight is 393 g/mol. The Balaban J connectivity index is 1.76. The van der Waals surface area contributed by atoms with Crippen molar-refractivity contribution in [1.29, 1.82) is 0 Å². The largest absolute Gasteiger partial charge is 0.507 e. The molecule has 1 saturated carbocycles. The molecular weight excluding hydrogens is 366 g/mol. The van der Waals surface area contributed by atoms with Gasteiger partial charge in [-0.2, -0.15) is 0 Å². The van der Waals surface area contributed by atoms with Crippen LogP contribution in [0.1, 0.15) is 37.7 Å². The minimum Gasteiger partial charge on any atom is -0.507 e. The predicted octanol–water partition coefficient (Wildman–Crippen LogP) is 4.94. The van der Waals surface area contributed by atoms with Crippen LogP contribution in [0.2, 0.25) is 0 Å². The molecule has 1 N–H and O–H groups in total. The Morgan fingerprint density at radius 2 is 1.86 bits per heavy atom. The zero-order chi connectivity index (χ0) is 20.4. The van der Waals surface area contributed by atoms with Crippen LogP contribution in [0, 0.1) is 0 Å². The molecule has 0 atom stereocenters. The van der Waals surface area contributed by atoms with E-state index >= 15 is 0 Å². The smallest absolute Gasteiger partial charge is 0.200 e. The van der Waals surface area contributed by atoms with Crippen molar-refractivity contribution in [2.75, 3.05) is 14.2 Å². The SMILES string of the molecule is COc1ccccc1-c1coc2c(CN(C)C3CCCCC3)c(O)ccc2c1=O. The summed E-state index contributed by atoms with van der Waals surface area (Å²) in [5, 5.41) is 11.0. The molecule has 1 fully saturated rings.